The Balaban J connectivity index is 3.09. The molecular weight excluding hydrogens is 313 g/mol. The second kappa shape index (κ2) is 5.40. The molecule has 7 heteroatoms. The van der Waals surface area contributed by atoms with Gasteiger partial charge in [-0.3, -0.25) is 4.79 Å². The van der Waals surface area contributed by atoms with Crippen LogP contribution in [0.15, 0.2) is 22.7 Å². The molecular formula is C11H8BrF3N2O. The standard InChI is InChI=1S/C11H8BrF3N2O/c1-6(5-16)17-10(18)8-4-7(11(13,14)15)2-3-9(8)12/h2-4,6H,1H3,(H,17,18). The van der Waals surface area contributed by atoms with E-state index in [2.05, 4.69) is 21.2 Å². The largest absolute Gasteiger partial charge is 0.416 e. The first-order valence-corrected chi connectivity index (χ1v) is 5.62. The van der Waals surface area contributed by atoms with Crippen molar-refractivity contribution in [3.05, 3.63) is 33.8 Å². The van der Waals surface area contributed by atoms with Gasteiger partial charge in [0.2, 0.25) is 0 Å². The maximum absolute atomic E-state index is 12.5. The zero-order chi connectivity index (χ0) is 13.9. The van der Waals surface area contributed by atoms with Crippen molar-refractivity contribution in [1.29, 1.82) is 5.26 Å². The summed E-state index contributed by atoms with van der Waals surface area (Å²) in [5.41, 5.74) is -1.08. The Morgan fingerprint density at radius 2 is 2.11 bits per heavy atom. The summed E-state index contributed by atoms with van der Waals surface area (Å²) in [6.45, 7) is 1.43. The van der Waals surface area contributed by atoms with E-state index in [0.29, 0.717) is 0 Å². The summed E-state index contributed by atoms with van der Waals surface area (Å²) in [5.74, 6) is -0.734. The highest BCUT2D eigenvalue weighted by molar-refractivity contribution is 9.10. The van der Waals surface area contributed by atoms with Gasteiger partial charge in [-0.1, -0.05) is 0 Å². The Labute approximate surface area is 110 Å². The molecule has 0 aromatic heterocycles. The number of carbonyl (C=O) groups is 1. The number of halogens is 4. The Morgan fingerprint density at radius 3 is 2.61 bits per heavy atom. The van der Waals surface area contributed by atoms with Crippen LogP contribution >= 0.6 is 15.9 Å². The fourth-order valence-corrected chi connectivity index (χ4v) is 1.61. The van der Waals surface area contributed by atoms with Gasteiger partial charge in [0.1, 0.15) is 6.04 Å². The average molecular weight is 321 g/mol. The number of amides is 1. The second-order valence-corrected chi connectivity index (χ2v) is 4.37. The van der Waals surface area contributed by atoms with Gasteiger partial charge in [0.15, 0.2) is 0 Å². The molecule has 0 saturated carbocycles. The Bertz CT molecular complexity index is 508. The number of nitriles is 1. The first-order valence-electron chi connectivity index (χ1n) is 4.83. The molecule has 96 valence electrons. The lowest BCUT2D eigenvalue weighted by Gasteiger charge is -2.11. The third-order valence-corrected chi connectivity index (χ3v) is 2.77. The molecule has 1 aromatic carbocycles. The van der Waals surface area contributed by atoms with Crippen LogP contribution in [0.25, 0.3) is 0 Å². The number of rotatable bonds is 2. The lowest BCUT2D eigenvalue weighted by atomic mass is 10.1. The molecule has 0 aliphatic rings. The van der Waals surface area contributed by atoms with Crippen molar-refractivity contribution in [3.8, 4) is 6.07 Å². The van der Waals surface area contributed by atoms with E-state index in [0.717, 1.165) is 18.2 Å². The fourth-order valence-electron chi connectivity index (χ4n) is 1.18. The topological polar surface area (TPSA) is 52.9 Å². The van der Waals surface area contributed by atoms with E-state index in [4.69, 9.17) is 5.26 Å². The summed E-state index contributed by atoms with van der Waals surface area (Å²) in [5, 5.41) is 10.8. The Hall–Kier alpha value is -1.55. The van der Waals surface area contributed by atoms with Gasteiger partial charge in [-0.05, 0) is 41.1 Å². The summed E-state index contributed by atoms with van der Waals surface area (Å²) in [4.78, 5) is 11.7. The highest BCUT2D eigenvalue weighted by atomic mass is 79.9. The monoisotopic (exact) mass is 320 g/mol. The third-order valence-electron chi connectivity index (χ3n) is 2.08. The van der Waals surface area contributed by atoms with E-state index < -0.39 is 23.7 Å². The van der Waals surface area contributed by atoms with Gasteiger partial charge in [-0.15, -0.1) is 0 Å². The van der Waals surface area contributed by atoms with Crippen LogP contribution in [0.3, 0.4) is 0 Å². The van der Waals surface area contributed by atoms with Crippen LogP contribution < -0.4 is 5.32 Å². The van der Waals surface area contributed by atoms with Crippen molar-refractivity contribution in [2.45, 2.75) is 19.1 Å². The van der Waals surface area contributed by atoms with Gasteiger partial charge in [-0.25, -0.2) is 0 Å². The van der Waals surface area contributed by atoms with Crippen LogP contribution in [0.2, 0.25) is 0 Å². The van der Waals surface area contributed by atoms with Crippen molar-refractivity contribution < 1.29 is 18.0 Å². The number of alkyl halides is 3. The van der Waals surface area contributed by atoms with Gasteiger partial charge in [0.25, 0.3) is 5.91 Å². The molecule has 0 radical (unpaired) electrons. The molecule has 1 rings (SSSR count). The molecule has 1 amide bonds. The molecule has 0 aliphatic heterocycles. The van der Waals surface area contributed by atoms with E-state index >= 15 is 0 Å². The summed E-state index contributed by atoms with van der Waals surface area (Å²) < 4.78 is 37.7. The molecule has 1 unspecified atom stereocenters. The quantitative estimate of drug-likeness (QED) is 0.910. The van der Waals surface area contributed by atoms with E-state index in [9.17, 15) is 18.0 Å². The summed E-state index contributed by atoms with van der Waals surface area (Å²) in [6, 6.07) is 3.74. The minimum atomic E-state index is -4.52. The molecule has 0 spiro atoms. The number of hydrogen-bond donors (Lipinski definition) is 1. The van der Waals surface area contributed by atoms with E-state index in [1.807, 2.05) is 0 Å². The number of carbonyl (C=O) groups excluding carboxylic acids is 1. The normalized spacial score (nSPS) is 12.7. The first kappa shape index (κ1) is 14.5. The third kappa shape index (κ3) is 3.47. The van der Waals surface area contributed by atoms with Gasteiger partial charge in [0, 0.05) is 4.47 Å². The Kier molecular flexibility index (Phi) is 4.35. The van der Waals surface area contributed by atoms with Gasteiger partial charge < -0.3 is 5.32 Å². The maximum Gasteiger partial charge on any atom is 0.416 e. The van der Waals surface area contributed by atoms with E-state index in [-0.39, 0.29) is 10.0 Å². The zero-order valence-electron chi connectivity index (χ0n) is 9.18. The van der Waals surface area contributed by atoms with Crippen LogP contribution in [-0.2, 0) is 6.18 Å². The highest BCUT2D eigenvalue weighted by Gasteiger charge is 2.31. The molecule has 1 atom stereocenters. The average Bonchev–Trinajstić information content (AvgIpc) is 2.27. The molecule has 1 aromatic rings. The molecule has 0 heterocycles. The van der Waals surface area contributed by atoms with Crippen LogP contribution in [0.5, 0.6) is 0 Å². The zero-order valence-corrected chi connectivity index (χ0v) is 10.8. The Morgan fingerprint density at radius 1 is 1.50 bits per heavy atom. The van der Waals surface area contributed by atoms with Crippen molar-refractivity contribution in [2.24, 2.45) is 0 Å². The van der Waals surface area contributed by atoms with Gasteiger partial charge in [-0.2, -0.15) is 18.4 Å². The maximum atomic E-state index is 12.5. The predicted molar refractivity (Wildman–Crippen MR) is 61.7 cm³/mol. The molecule has 3 nitrogen and oxygen atoms in total. The van der Waals surface area contributed by atoms with Gasteiger partial charge >= 0.3 is 6.18 Å². The summed E-state index contributed by atoms with van der Waals surface area (Å²) in [7, 11) is 0. The second-order valence-electron chi connectivity index (χ2n) is 3.52. The SMILES string of the molecule is CC(C#N)NC(=O)c1cc(C(F)(F)F)ccc1Br. The highest BCUT2D eigenvalue weighted by Crippen LogP contribution is 2.31. The molecule has 0 aliphatic carbocycles. The molecule has 1 N–H and O–H groups in total. The summed E-state index contributed by atoms with van der Waals surface area (Å²) >= 11 is 3.00. The number of nitrogens with one attached hydrogen (secondary N) is 1. The molecule has 0 fully saturated rings. The van der Waals surface area contributed by atoms with E-state index in [1.165, 1.54) is 6.92 Å². The molecule has 0 saturated heterocycles. The van der Waals surface area contributed by atoms with Crippen molar-refractivity contribution in [1.82, 2.24) is 5.32 Å². The van der Waals surface area contributed by atoms with Crippen molar-refractivity contribution in [2.75, 3.05) is 0 Å². The minimum absolute atomic E-state index is 0.160. The number of hydrogen-bond acceptors (Lipinski definition) is 2. The number of nitrogens with zero attached hydrogens (tertiary/aromatic N) is 1. The smallest absolute Gasteiger partial charge is 0.336 e. The lowest BCUT2D eigenvalue weighted by Crippen LogP contribution is -2.31. The minimum Gasteiger partial charge on any atom is -0.336 e. The van der Waals surface area contributed by atoms with Crippen LogP contribution in [0.4, 0.5) is 13.2 Å². The summed E-state index contributed by atoms with van der Waals surface area (Å²) in [6.07, 6.45) is -4.52. The van der Waals surface area contributed by atoms with Gasteiger partial charge in [0.05, 0.1) is 17.2 Å². The van der Waals surface area contributed by atoms with E-state index in [1.54, 1.807) is 6.07 Å². The fraction of sp³-hybridized carbons (Fsp3) is 0.273. The number of benzene rings is 1. The lowest BCUT2D eigenvalue weighted by molar-refractivity contribution is -0.137. The molecule has 0 bridgehead atoms. The predicted octanol–water partition coefficient (Wildman–Crippen LogP) is 3.11. The molecule has 18 heavy (non-hydrogen) atoms. The van der Waals surface area contributed by atoms with Crippen LogP contribution in [0, 0.1) is 11.3 Å². The van der Waals surface area contributed by atoms with Crippen molar-refractivity contribution >= 4 is 21.8 Å². The van der Waals surface area contributed by atoms with Crippen LogP contribution in [-0.4, -0.2) is 11.9 Å². The van der Waals surface area contributed by atoms with Crippen molar-refractivity contribution in [3.63, 3.8) is 0 Å². The van der Waals surface area contributed by atoms with Crippen LogP contribution in [0.1, 0.15) is 22.8 Å². The first-order chi connectivity index (χ1) is 8.25.